The fourth-order valence-electron chi connectivity index (χ4n) is 1.95. The van der Waals surface area contributed by atoms with Crippen LogP contribution in [0.3, 0.4) is 0 Å². The SMILES string of the molecule is CCCCCc1c(C)ccc(P=O)c1OCC. The van der Waals surface area contributed by atoms with Gasteiger partial charge in [0.2, 0.25) is 0 Å². The van der Waals surface area contributed by atoms with Crippen LogP contribution in [-0.2, 0) is 11.0 Å². The summed E-state index contributed by atoms with van der Waals surface area (Å²) in [5.74, 6) is 0.834. The van der Waals surface area contributed by atoms with Gasteiger partial charge in [-0.1, -0.05) is 25.8 Å². The Hall–Kier alpha value is -0.880. The van der Waals surface area contributed by atoms with Gasteiger partial charge in [0.25, 0.3) is 0 Å². The molecule has 1 rings (SSSR count). The lowest BCUT2D eigenvalue weighted by molar-refractivity contribution is 0.338. The minimum atomic E-state index is 0.0421. The van der Waals surface area contributed by atoms with Crippen molar-refractivity contribution in [2.45, 2.75) is 46.5 Å². The zero-order valence-corrected chi connectivity index (χ0v) is 11.8. The average molecular weight is 252 g/mol. The quantitative estimate of drug-likeness (QED) is 0.540. The highest BCUT2D eigenvalue weighted by Gasteiger charge is 2.12. The Balaban J connectivity index is 3.00. The van der Waals surface area contributed by atoms with Crippen molar-refractivity contribution in [1.29, 1.82) is 0 Å². The first-order valence-electron chi connectivity index (χ1n) is 6.33. The van der Waals surface area contributed by atoms with E-state index in [1.54, 1.807) is 0 Å². The van der Waals surface area contributed by atoms with Gasteiger partial charge < -0.3 is 4.74 Å². The molecule has 2 nitrogen and oxygen atoms in total. The summed E-state index contributed by atoms with van der Waals surface area (Å²) in [5, 5.41) is 0.768. The van der Waals surface area contributed by atoms with E-state index in [0.717, 1.165) is 23.9 Å². The molecule has 0 atom stereocenters. The highest BCUT2D eigenvalue weighted by molar-refractivity contribution is 7.34. The molecule has 0 aliphatic rings. The zero-order chi connectivity index (χ0) is 12.7. The van der Waals surface area contributed by atoms with E-state index in [9.17, 15) is 4.57 Å². The molecule has 0 saturated heterocycles. The van der Waals surface area contributed by atoms with Crippen LogP contribution in [0.2, 0.25) is 0 Å². The molecule has 3 heteroatoms. The van der Waals surface area contributed by atoms with Gasteiger partial charge in [0.15, 0.2) is 8.46 Å². The molecule has 0 aromatic heterocycles. The normalized spacial score (nSPS) is 10.8. The predicted molar refractivity (Wildman–Crippen MR) is 72.8 cm³/mol. The highest BCUT2D eigenvalue weighted by Crippen LogP contribution is 2.25. The van der Waals surface area contributed by atoms with Gasteiger partial charge in [-0.25, -0.2) is 0 Å². The first-order chi connectivity index (χ1) is 8.24. The highest BCUT2D eigenvalue weighted by atomic mass is 31.1. The second-order valence-corrected chi connectivity index (χ2v) is 4.86. The maximum atomic E-state index is 11.1. The van der Waals surface area contributed by atoms with Gasteiger partial charge in [-0.05, 0) is 43.9 Å². The maximum absolute atomic E-state index is 11.1. The third-order valence-electron chi connectivity index (χ3n) is 2.89. The first-order valence-corrected chi connectivity index (χ1v) is 7.14. The van der Waals surface area contributed by atoms with E-state index in [1.807, 2.05) is 19.1 Å². The molecule has 1 aromatic carbocycles. The van der Waals surface area contributed by atoms with E-state index >= 15 is 0 Å². The number of hydrogen-bond donors (Lipinski definition) is 0. The Morgan fingerprint density at radius 2 is 2.00 bits per heavy atom. The summed E-state index contributed by atoms with van der Waals surface area (Å²) in [6, 6.07) is 3.92. The topological polar surface area (TPSA) is 26.3 Å². The standard InChI is InChI=1S/C14H21O2P/c1-4-6-7-8-12-11(3)9-10-13(17-15)14(12)16-5-2/h9-10H,4-8H2,1-3H3. The number of ether oxygens (including phenoxy) is 1. The van der Waals surface area contributed by atoms with E-state index in [4.69, 9.17) is 4.74 Å². The minimum Gasteiger partial charge on any atom is -0.492 e. The van der Waals surface area contributed by atoms with Gasteiger partial charge in [-0.2, -0.15) is 0 Å². The van der Waals surface area contributed by atoms with Gasteiger partial charge >= 0.3 is 0 Å². The van der Waals surface area contributed by atoms with Crippen LogP contribution in [0.25, 0.3) is 0 Å². The first kappa shape index (κ1) is 14.2. The molecule has 1 aromatic rings. The lowest BCUT2D eigenvalue weighted by Crippen LogP contribution is -2.08. The summed E-state index contributed by atoms with van der Waals surface area (Å²) < 4.78 is 16.8. The molecule has 0 N–H and O–H groups in total. The van der Waals surface area contributed by atoms with E-state index in [1.165, 1.54) is 24.0 Å². The Kier molecular flexibility index (Phi) is 6.21. The van der Waals surface area contributed by atoms with Crippen LogP contribution in [0.15, 0.2) is 12.1 Å². The Morgan fingerprint density at radius 3 is 2.59 bits per heavy atom. The van der Waals surface area contributed by atoms with Crippen LogP contribution < -0.4 is 10.0 Å². The van der Waals surface area contributed by atoms with Gasteiger partial charge in [0.1, 0.15) is 5.75 Å². The van der Waals surface area contributed by atoms with Crippen molar-refractivity contribution in [3.05, 3.63) is 23.3 Å². The second-order valence-electron chi connectivity index (χ2n) is 4.19. The summed E-state index contributed by atoms with van der Waals surface area (Å²) in [5.41, 5.74) is 2.46. The van der Waals surface area contributed by atoms with Crippen molar-refractivity contribution in [2.24, 2.45) is 0 Å². The number of benzene rings is 1. The van der Waals surface area contributed by atoms with Gasteiger partial charge in [0, 0.05) is 0 Å². The monoisotopic (exact) mass is 252 g/mol. The second kappa shape index (κ2) is 7.45. The summed E-state index contributed by atoms with van der Waals surface area (Å²) in [7, 11) is 0.0421. The van der Waals surface area contributed by atoms with Crippen molar-refractivity contribution in [1.82, 2.24) is 0 Å². The third-order valence-corrected chi connectivity index (χ3v) is 3.44. The van der Waals surface area contributed by atoms with Crippen molar-refractivity contribution in [3.8, 4) is 5.75 Å². The number of aryl methyl sites for hydroxylation is 1. The largest absolute Gasteiger partial charge is 0.492 e. The Bertz CT molecular complexity index is 375. The van der Waals surface area contributed by atoms with Crippen molar-refractivity contribution < 1.29 is 9.30 Å². The molecule has 0 aliphatic carbocycles. The molecule has 0 aliphatic heterocycles. The Labute approximate surface area is 106 Å². The molecule has 0 bridgehead atoms. The molecule has 0 heterocycles. The van der Waals surface area contributed by atoms with Crippen LogP contribution in [0.4, 0.5) is 0 Å². The van der Waals surface area contributed by atoms with E-state index in [0.29, 0.717) is 6.61 Å². The van der Waals surface area contributed by atoms with E-state index in [2.05, 4.69) is 13.8 Å². The summed E-state index contributed by atoms with van der Waals surface area (Å²) in [4.78, 5) is 0. The number of hydrogen-bond acceptors (Lipinski definition) is 2. The molecule has 0 radical (unpaired) electrons. The van der Waals surface area contributed by atoms with Crippen LogP contribution in [-0.4, -0.2) is 6.61 Å². The fraction of sp³-hybridized carbons (Fsp3) is 0.571. The molecule has 0 amide bonds. The Morgan fingerprint density at radius 1 is 1.24 bits per heavy atom. The van der Waals surface area contributed by atoms with Crippen molar-refractivity contribution in [2.75, 3.05) is 6.61 Å². The minimum absolute atomic E-state index is 0.0421. The number of rotatable bonds is 7. The van der Waals surface area contributed by atoms with Crippen LogP contribution in [0.1, 0.15) is 44.2 Å². The van der Waals surface area contributed by atoms with E-state index < -0.39 is 0 Å². The average Bonchev–Trinajstić information content (AvgIpc) is 2.33. The molecule has 94 valence electrons. The molecule has 17 heavy (non-hydrogen) atoms. The van der Waals surface area contributed by atoms with Crippen LogP contribution in [0, 0.1) is 6.92 Å². The molecule has 0 saturated carbocycles. The molecule has 0 fully saturated rings. The lowest BCUT2D eigenvalue weighted by atomic mass is 10.0. The lowest BCUT2D eigenvalue weighted by Gasteiger charge is -2.14. The third kappa shape index (κ3) is 3.81. The maximum Gasteiger partial charge on any atom is 0.196 e. The fourth-order valence-corrected chi connectivity index (χ4v) is 2.37. The van der Waals surface area contributed by atoms with Crippen LogP contribution in [0.5, 0.6) is 5.75 Å². The molecule has 0 spiro atoms. The van der Waals surface area contributed by atoms with Gasteiger partial charge in [-0.15, -0.1) is 0 Å². The summed E-state index contributed by atoms with van der Waals surface area (Å²) in [6.07, 6.45) is 4.61. The number of unbranched alkanes of at least 4 members (excludes halogenated alkanes) is 2. The molecular weight excluding hydrogens is 231 g/mol. The van der Waals surface area contributed by atoms with E-state index in [-0.39, 0.29) is 8.46 Å². The van der Waals surface area contributed by atoms with Crippen LogP contribution >= 0.6 is 8.46 Å². The molecule has 0 unspecified atom stereocenters. The summed E-state index contributed by atoms with van der Waals surface area (Å²) >= 11 is 0. The van der Waals surface area contributed by atoms with Crippen molar-refractivity contribution in [3.63, 3.8) is 0 Å². The van der Waals surface area contributed by atoms with Gasteiger partial charge in [-0.3, -0.25) is 4.57 Å². The van der Waals surface area contributed by atoms with Crippen molar-refractivity contribution >= 4 is 13.8 Å². The smallest absolute Gasteiger partial charge is 0.196 e. The summed E-state index contributed by atoms with van der Waals surface area (Å²) in [6.45, 7) is 6.87. The molecular formula is C14H21O2P. The predicted octanol–water partition coefficient (Wildman–Crippen LogP) is 4.04. The van der Waals surface area contributed by atoms with Gasteiger partial charge in [0.05, 0.1) is 11.9 Å². The zero-order valence-electron chi connectivity index (χ0n) is 11.0.